The number of rotatable bonds is 5. The SMILES string of the molecule is Cc1csc(C(=O)O)c1NC(=O)C(C)Oc1ccccc1. The van der Waals surface area contributed by atoms with Crippen LogP contribution in [0.1, 0.15) is 22.2 Å². The molecule has 0 aliphatic carbocycles. The van der Waals surface area contributed by atoms with Crippen LogP contribution in [0.3, 0.4) is 0 Å². The molecular weight excluding hydrogens is 290 g/mol. The van der Waals surface area contributed by atoms with Crippen LogP contribution in [0.4, 0.5) is 5.69 Å². The van der Waals surface area contributed by atoms with Crippen molar-refractivity contribution < 1.29 is 19.4 Å². The fourth-order valence-corrected chi connectivity index (χ4v) is 2.58. The maximum absolute atomic E-state index is 12.1. The van der Waals surface area contributed by atoms with E-state index >= 15 is 0 Å². The Bertz CT molecular complexity index is 651. The first-order valence-corrected chi connectivity index (χ1v) is 7.21. The molecule has 2 N–H and O–H groups in total. The van der Waals surface area contributed by atoms with E-state index in [2.05, 4.69) is 5.32 Å². The molecule has 0 fully saturated rings. The Hall–Kier alpha value is -2.34. The maximum atomic E-state index is 12.1. The number of benzene rings is 1. The highest BCUT2D eigenvalue weighted by molar-refractivity contribution is 7.12. The van der Waals surface area contributed by atoms with Crippen LogP contribution in [0.15, 0.2) is 35.7 Å². The Morgan fingerprint density at radius 3 is 2.57 bits per heavy atom. The van der Waals surface area contributed by atoms with Gasteiger partial charge in [-0.05, 0) is 36.9 Å². The lowest BCUT2D eigenvalue weighted by Gasteiger charge is -2.15. The van der Waals surface area contributed by atoms with Gasteiger partial charge in [0, 0.05) is 0 Å². The van der Waals surface area contributed by atoms with Crippen molar-refractivity contribution in [3.05, 3.63) is 46.2 Å². The fourth-order valence-electron chi connectivity index (χ4n) is 1.74. The Morgan fingerprint density at radius 2 is 1.95 bits per heavy atom. The van der Waals surface area contributed by atoms with Crippen LogP contribution in [-0.4, -0.2) is 23.1 Å². The number of aryl methyl sites for hydroxylation is 1. The summed E-state index contributed by atoms with van der Waals surface area (Å²) in [5, 5.41) is 13.4. The Morgan fingerprint density at radius 1 is 1.29 bits per heavy atom. The van der Waals surface area contributed by atoms with Crippen LogP contribution in [0.25, 0.3) is 0 Å². The molecule has 1 atom stereocenters. The third-order valence-electron chi connectivity index (χ3n) is 2.84. The summed E-state index contributed by atoms with van der Waals surface area (Å²) in [6.07, 6.45) is -0.728. The van der Waals surface area contributed by atoms with Crippen molar-refractivity contribution in [1.82, 2.24) is 0 Å². The van der Waals surface area contributed by atoms with Crippen LogP contribution in [0.2, 0.25) is 0 Å². The monoisotopic (exact) mass is 305 g/mol. The van der Waals surface area contributed by atoms with Crippen LogP contribution in [0, 0.1) is 6.92 Å². The third-order valence-corrected chi connectivity index (χ3v) is 3.93. The van der Waals surface area contributed by atoms with E-state index in [4.69, 9.17) is 9.84 Å². The highest BCUT2D eigenvalue weighted by Gasteiger charge is 2.21. The second-order valence-electron chi connectivity index (χ2n) is 4.49. The van der Waals surface area contributed by atoms with Gasteiger partial charge in [0.05, 0.1) is 5.69 Å². The first-order valence-electron chi connectivity index (χ1n) is 6.33. The van der Waals surface area contributed by atoms with E-state index in [-0.39, 0.29) is 10.8 Å². The number of ether oxygens (including phenoxy) is 1. The number of carboxylic acids is 1. The number of carboxylic acid groups (broad SMARTS) is 1. The molecule has 0 spiro atoms. The number of amides is 1. The lowest BCUT2D eigenvalue weighted by atomic mass is 10.2. The summed E-state index contributed by atoms with van der Waals surface area (Å²) in [4.78, 5) is 23.3. The lowest BCUT2D eigenvalue weighted by molar-refractivity contribution is -0.122. The average Bonchev–Trinajstić information content (AvgIpc) is 2.81. The smallest absolute Gasteiger partial charge is 0.348 e. The Labute approximate surface area is 126 Å². The molecule has 0 bridgehead atoms. The largest absolute Gasteiger partial charge is 0.481 e. The Balaban J connectivity index is 2.08. The van der Waals surface area contributed by atoms with Crippen molar-refractivity contribution in [2.45, 2.75) is 20.0 Å². The van der Waals surface area contributed by atoms with Crippen molar-refractivity contribution >= 4 is 28.9 Å². The number of aromatic carboxylic acids is 1. The van der Waals surface area contributed by atoms with Gasteiger partial charge >= 0.3 is 5.97 Å². The molecule has 1 unspecified atom stereocenters. The van der Waals surface area contributed by atoms with Gasteiger partial charge in [-0.1, -0.05) is 18.2 Å². The van der Waals surface area contributed by atoms with E-state index in [1.165, 1.54) is 0 Å². The molecule has 0 radical (unpaired) electrons. The van der Waals surface area contributed by atoms with Crippen molar-refractivity contribution in [3.63, 3.8) is 0 Å². The molecule has 110 valence electrons. The van der Waals surface area contributed by atoms with Crippen LogP contribution >= 0.6 is 11.3 Å². The normalized spacial score (nSPS) is 11.7. The number of hydrogen-bond donors (Lipinski definition) is 2. The predicted molar refractivity (Wildman–Crippen MR) is 81.2 cm³/mol. The van der Waals surface area contributed by atoms with Crippen molar-refractivity contribution in [2.24, 2.45) is 0 Å². The summed E-state index contributed by atoms with van der Waals surface area (Å²) in [5.41, 5.74) is 1.05. The van der Waals surface area contributed by atoms with Crippen molar-refractivity contribution in [2.75, 3.05) is 5.32 Å². The quantitative estimate of drug-likeness (QED) is 0.889. The first kappa shape index (κ1) is 15.1. The van der Waals surface area contributed by atoms with E-state index in [0.717, 1.165) is 16.9 Å². The summed E-state index contributed by atoms with van der Waals surface area (Å²) in [6.45, 7) is 3.37. The number of hydrogen-bond acceptors (Lipinski definition) is 4. The van der Waals surface area contributed by atoms with Gasteiger partial charge in [0.25, 0.3) is 5.91 Å². The zero-order valence-electron chi connectivity index (χ0n) is 11.6. The van der Waals surface area contributed by atoms with E-state index in [1.54, 1.807) is 31.4 Å². The number of nitrogens with one attached hydrogen (secondary N) is 1. The molecule has 0 saturated heterocycles. The predicted octanol–water partition coefficient (Wildman–Crippen LogP) is 3.16. The molecule has 5 nitrogen and oxygen atoms in total. The highest BCUT2D eigenvalue weighted by atomic mass is 32.1. The van der Waals surface area contributed by atoms with Gasteiger partial charge in [0.1, 0.15) is 10.6 Å². The molecule has 1 aromatic heterocycles. The van der Waals surface area contributed by atoms with Gasteiger partial charge in [-0.2, -0.15) is 0 Å². The number of anilines is 1. The molecule has 0 saturated carbocycles. The van der Waals surface area contributed by atoms with Gasteiger partial charge in [0.2, 0.25) is 0 Å². The summed E-state index contributed by atoms with van der Waals surface area (Å²) >= 11 is 1.09. The van der Waals surface area contributed by atoms with Gasteiger partial charge in [0.15, 0.2) is 6.10 Å². The van der Waals surface area contributed by atoms with Crippen LogP contribution < -0.4 is 10.1 Å². The van der Waals surface area contributed by atoms with Crippen LogP contribution in [0.5, 0.6) is 5.75 Å². The highest BCUT2D eigenvalue weighted by Crippen LogP contribution is 2.27. The third kappa shape index (κ3) is 3.61. The topological polar surface area (TPSA) is 75.6 Å². The van der Waals surface area contributed by atoms with Crippen molar-refractivity contribution in [1.29, 1.82) is 0 Å². The molecule has 0 aliphatic heterocycles. The number of carbonyl (C=O) groups excluding carboxylic acids is 1. The molecule has 1 amide bonds. The molecular formula is C15H15NO4S. The maximum Gasteiger partial charge on any atom is 0.348 e. The summed E-state index contributed by atoms with van der Waals surface area (Å²) in [7, 11) is 0. The molecule has 2 rings (SSSR count). The standard InChI is InChI=1S/C15H15NO4S/c1-9-8-21-13(15(18)19)12(9)16-14(17)10(2)20-11-6-4-3-5-7-11/h3-8,10H,1-2H3,(H,16,17)(H,18,19). The summed E-state index contributed by atoms with van der Waals surface area (Å²) in [6, 6.07) is 8.98. The summed E-state index contributed by atoms with van der Waals surface area (Å²) in [5.74, 6) is -0.858. The number of thiophene rings is 1. The molecule has 1 heterocycles. The van der Waals surface area contributed by atoms with Crippen LogP contribution in [-0.2, 0) is 4.79 Å². The summed E-state index contributed by atoms with van der Waals surface area (Å²) < 4.78 is 5.51. The Kier molecular flexibility index (Phi) is 4.59. The zero-order chi connectivity index (χ0) is 15.4. The zero-order valence-corrected chi connectivity index (χ0v) is 12.4. The molecule has 0 aliphatic rings. The lowest BCUT2D eigenvalue weighted by Crippen LogP contribution is -2.30. The number of para-hydroxylation sites is 1. The first-order chi connectivity index (χ1) is 9.99. The van der Waals surface area contributed by atoms with Gasteiger partial charge in [-0.15, -0.1) is 11.3 Å². The van der Waals surface area contributed by atoms with E-state index < -0.39 is 12.1 Å². The van der Waals surface area contributed by atoms with Crippen molar-refractivity contribution in [3.8, 4) is 5.75 Å². The minimum Gasteiger partial charge on any atom is -0.481 e. The fraction of sp³-hybridized carbons (Fsp3) is 0.200. The molecule has 2 aromatic rings. The van der Waals surface area contributed by atoms with E-state index in [1.807, 2.05) is 18.2 Å². The van der Waals surface area contributed by atoms with Gasteiger partial charge in [-0.25, -0.2) is 4.79 Å². The second kappa shape index (κ2) is 6.41. The number of carbonyl (C=O) groups is 2. The van der Waals surface area contributed by atoms with Gasteiger partial charge < -0.3 is 15.2 Å². The van der Waals surface area contributed by atoms with E-state index in [0.29, 0.717) is 11.4 Å². The van der Waals surface area contributed by atoms with E-state index in [9.17, 15) is 9.59 Å². The average molecular weight is 305 g/mol. The molecule has 6 heteroatoms. The van der Waals surface area contributed by atoms with Gasteiger partial charge in [-0.3, -0.25) is 4.79 Å². The second-order valence-corrected chi connectivity index (χ2v) is 5.37. The minimum atomic E-state index is -1.06. The minimum absolute atomic E-state index is 0.118. The molecule has 21 heavy (non-hydrogen) atoms. The molecule has 1 aromatic carbocycles.